The first kappa shape index (κ1) is 22.4. The van der Waals surface area contributed by atoms with Crippen molar-refractivity contribution in [2.45, 2.75) is 37.7 Å². The lowest BCUT2D eigenvalue weighted by Crippen LogP contribution is -2.38. The first-order chi connectivity index (χ1) is 14.0. The van der Waals surface area contributed by atoms with E-state index in [0.29, 0.717) is 10.9 Å². The number of benzene rings is 1. The fourth-order valence-corrected chi connectivity index (χ4v) is 7.15. The number of rotatable bonds is 4. The van der Waals surface area contributed by atoms with Gasteiger partial charge in [0.15, 0.2) is 15.0 Å². The van der Waals surface area contributed by atoms with E-state index in [9.17, 15) is 18.0 Å². The maximum Gasteiger partial charge on any atom is 0.408 e. The van der Waals surface area contributed by atoms with Crippen molar-refractivity contribution < 1.29 is 27.5 Å². The Hall–Kier alpha value is -2.27. The van der Waals surface area contributed by atoms with Gasteiger partial charge in [-0.25, -0.2) is 13.2 Å². The molecule has 2 heterocycles. The van der Waals surface area contributed by atoms with Gasteiger partial charge in [-0.3, -0.25) is 4.79 Å². The Morgan fingerprint density at radius 2 is 1.90 bits per heavy atom. The van der Waals surface area contributed by atoms with Crippen molar-refractivity contribution in [3.05, 3.63) is 24.3 Å². The van der Waals surface area contributed by atoms with Gasteiger partial charge in [-0.1, -0.05) is 11.8 Å². The molecule has 3 rings (SSSR count). The molecule has 2 saturated heterocycles. The molecule has 0 spiro atoms. The summed E-state index contributed by atoms with van der Waals surface area (Å²) in [6.07, 6.45) is -0.704. The third-order valence-corrected chi connectivity index (χ3v) is 7.63. The third kappa shape index (κ3) is 5.45. The summed E-state index contributed by atoms with van der Waals surface area (Å²) in [6.45, 7) is 4.86. The average molecular weight is 456 g/mol. The van der Waals surface area contributed by atoms with E-state index in [1.165, 1.54) is 11.8 Å². The molecule has 0 aliphatic carbocycles. The quantitative estimate of drug-likeness (QED) is 0.731. The van der Waals surface area contributed by atoms with E-state index in [0.717, 1.165) is 5.69 Å². The largest absolute Gasteiger partial charge is 0.497 e. The van der Waals surface area contributed by atoms with Crippen LogP contribution in [0.15, 0.2) is 29.3 Å². The number of carbonyl (C=O) groups is 2. The van der Waals surface area contributed by atoms with Crippen molar-refractivity contribution in [2.75, 3.05) is 30.1 Å². The topological polar surface area (TPSA) is 114 Å². The summed E-state index contributed by atoms with van der Waals surface area (Å²) in [5.74, 6) is 0.153. The second-order valence-corrected chi connectivity index (χ2v) is 11.4. The Bertz CT molecular complexity index is 953. The molecule has 0 unspecified atom stereocenters. The molecule has 1 aromatic rings. The molecule has 1 aromatic carbocycles. The number of alkyl carbamates (subject to hydrolysis) is 1. The smallest absolute Gasteiger partial charge is 0.408 e. The minimum absolute atomic E-state index is 0.0000644. The molecule has 2 aliphatic heterocycles. The van der Waals surface area contributed by atoms with E-state index in [4.69, 9.17) is 9.47 Å². The SMILES string of the molecule is COc1ccc(N2C(=NC(=O)CNC(=O)OC(C)(C)C)S[C@H]3CS(=O)(=O)C[C@H]32)cc1. The first-order valence-electron chi connectivity index (χ1n) is 9.36. The number of fused-ring (bicyclic) bond motifs is 1. The van der Waals surface area contributed by atoms with Crippen LogP contribution in [0, 0.1) is 0 Å². The molecule has 11 heteroatoms. The summed E-state index contributed by atoms with van der Waals surface area (Å²) in [5, 5.41) is 2.60. The normalized spacial score (nSPS) is 23.9. The first-order valence-corrected chi connectivity index (χ1v) is 12.1. The maximum absolute atomic E-state index is 12.4. The highest BCUT2D eigenvalue weighted by molar-refractivity contribution is 8.16. The Balaban J connectivity index is 1.78. The van der Waals surface area contributed by atoms with Crippen LogP contribution in [-0.2, 0) is 19.4 Å². The van der Waals surface area contributed by atoms with E-state index in [1.807, 2.05) is 0 Å². The highest BCUT2D eigenvalue weighted by Gasteiger charge is 2.49. The number of sulfone groups is 1. The third-order valence-electron chi connectivity index (χ3n) is 4.42. The van der Waals surface area contributed by atoms with Gasteiger partial charge in [0, 0.05) is 10.9 Å². The second kappa shape index (κ2) is 8.46. The lowest BCUT2D eigenvalue weighted by molar-refractivity contribution is -0.117. The summed E-state index contributed by atoms with van der Waals surface area (Å²) in [6, 6.07) is 6.82. The van der Waals surface area contributed by atoms with Crippen LogP contribution in [0.5, 0.6) is 5.75 Å². The number of carbonyl (C=O) groups excluding carboxylic acids is 2. The Morgan fingerprint density at radius 1 is 1.23 bits per heavy atom. The van der Waals surface area contributed by atoms with Crippen molar-refractivity contribution >= 4 is 44.5 Å². The van der Waals surface area contributed by atoms with Gasteiger partial charge in [-0.05, 0) is 45.0 Å². The van der Waals surface area contributed by atoms with E-state index in [2.05, 4.69) is 10.3 Å². The van der Waals surface area contributed by atoms with Gasteiger partial charge in [-0.2, -0.15) is 4.99 Å². The molecule has 2 amide bonds. The molecule has 2 atom stereocenters. The van der Waals surface area contributed by atoms with Crippen LogP contribution in [0.25, 0.3) is 0 Å². The number of amidine groups is 1. The fourth-order valence-electron chi connectivity index (χ4n) is 3.22. The number of anilines is 1. The predicted octanol–water partition coefficient (Wildman–Crippen LogP) is 1.82. The zero-order valence-corrected chi connectivity index (χ0v) is 18.9. The van der Waals surface area contributed by atoms with Gasteiger partial charge in [0.1, 0.15) is 17.9 Å². The number of hydrogen-bond donors (Lipinski definition) is 1. The van der Waals surface area contributed by atoms with Crippen molar-refractivity contribution in [3.63, 3.8) is 0 Å². The highest BCUT2D eigenvalue weighted by Crippen LogP contribution is 2.41. The average Bonchev–Trinajstić information content (AvgIpc) is 3.09. The molecule has 0 aromatic heterocycles. The number of nitrogens with one attached hydrogen (secondary N) is 1. The molecular formula is C19H25N3O6S2. The standard InChI is InChI=1S/C19H25N3O6S2/c1-19(2,3)28-18(24)20-9-16(23)21-17-22(12-5-7-13(27-4)8-6-12)14-10-30(25,26)11-15(14)29-17/h5-8,14-15H,9-11H2,1-4H3,(H,20,24)/t14-,15+/m1/s1. The van der Waals surface area contributed by atoms with Crippen LogP contribution in [0.3, 0.4) is 0 Å². The minimum atomic E-state index is -3.15. The van der Waals surface area contributed by atoms with Gasteiger partial charge in [0.05, 0.1) is 24.7 Å². The molecule has 0 bridgehead atoms. The lowest BCUT2D eigenvalue weighted by atomic mass is 10.2. The zero-order chi connectivity index (χ0) is 22.1. The van der Waals surface area contributed by atoms with E-state index in [-0.39, 0.29) is 29.3 Å². The monoisotopic (exact) mass is 455 g/mol. The van der Waals surface area contributed by atoms with E-state index < -0.39 is 27.4 Å². The minimum Gasteiger partial charge on any atom is -0.497 e. The van der Waals surface area contributed by atoms with E-state index in [1.54, 1.807) is 57.0 Å². The van der Waals surface area contributed by atoms with Gasteiger partial charge < -0.3 is 19.7 Å². The molecule has 9 nitrogen and oxygen atoms in total. The van der Waals surface area contributed by atoms with Crippen LogP contribution in [-0.4, -0.2) is 67.6 Å². The lowest BCUT2D eigenvalue weighted by Gasteiger charge is -2.24. The number of nitrogens with zero attached hydrogens (tertiary/aromatic N) is 2. The molecule has 1 N–H and O–H groups in total. The number of amides is 2. The molecule has 2 fully saturated rings. The van der Waals surface area contributed by atoms with Crippen molar-refractivity contribution in [3.8, 4) is 5.75 Å². The summed E-state index contributed by atoms with van der Waals surface area (Å²) >= 11 is 1.27. The maximum atomic E-state index is 12.4. The van der Waals surface area contributed by atoms with Crippen molar-refractivity contribution in [1.82, 2.24) is 5.32 Å². The summed E-state index contributed by atoms with van der Waals surface area (Å²) in [4.78, 5) is 30.0. The van der Waals surface area contributed by atoms with Crippen LogP contribution < -0.4 is 15.0 Å². The second-order valence-electron chi connectivity index (χ2n) is 8.01. The van der Waals surface area contributed by atoms with Crippen molar-refractivity contribution in [1.29, 1.82) is 0 Å². The fraction of sp³-hybridized carbons (Fsp3) is 0.526. The van der Waals surface area contributed by atoms with Crippen molar-refractivity contribution in [2.24, 2.45) is 4.99 Å². The predicted molar refractivity (Wildman–Crippen MR) is 116 cm³/mol. The number of aliphatic imine (C=N–C) groups is 1. The van der Waals surface area contributed by atoms with Gasteiger partial charge in [0.2, 0.25) is 0 Å². The van der Waals surface area contributed by atoms with E-state index >= 15 is 0 Å². The zero-order valence-electron chi connectivity index (χ0n) is 17.2. The molecule has 0 radical (unpaired) electrons. The summed E-state index contributed by atoms with van der Waals surface area (Å²) < 4.78 is 34.5. The van der Waals surface area contributed by atoms with Crippen LogP contribution in [0.1, 0.15) is 20.8 Å². The number of methoxy groups -OCH3 is 1. The molecular weight excluding hydrogens is 430 g/mol. The molecule has 0 saturated carbocycles. The molecule has 2 aliphatic rings. The number of hydrogen-bond acceptors (Lipinski definition) is 7. The van der Waals surface area contributed by atoms with Gasteiger partial charge >= 0.3 is 6.09 Å². The number of thioether (sulfide) groups is 1. The highest BCUT2D eigenvalue weighted by atomic mass is 32.2. The number of ether oxygens (including phenoxy) is 2. The van der Waals surface area contributed by atoms with Crippen LogP contribution >= 0.6 is 11.8 Å². The molecule has 164 valence electrons. The summed E-state index contributed by atoms with van der Waals surface area (Å²) in [5.41, 5.74) is 0.0496. The van der Waals surface area contributed by atoms with Gasteiger partial charge in [-0.15, -0.1) is 0 Å². The molecule has 30 heavy (non-hydrogen) atoms. The Morgan fingerprint density at radius 3 is 2.50 bits per heavy atom. The van der Waals surface area contributed by atoms with Crippen LogP contribution in [0.4, 0.5) is 10.5 Å². The van der Waals surface area contributed by atoms with Crippen LogP contribution in [0.2, 0.25) is 0 Å². The Labute approximate surface area is 180 Å². The Kier molecular flexibility index (Phi) is 6.32. The summed E-state index contributed by atoms with van der Waals surface area (Å²) in [7, 11) is -1.59. The van der Waals surface area contributed by atoms with Gasteiger partial charge in [0.25, 0.3) is 5.91 Å².